The van der Waals surface area contributed by atoms with Crippen molar-refractivity contribution >= 4 is 21.9 Å². The fourth-order valence-electron chi connectivity index (χ4n) is 4.62. The van der Waals surface area contributed by atoms with Crippen LogP contribution in [0.4, 0.5) is 0 Å². The Hall–Kier alpha value is -3.41. The molecule has 1 saturated heterocycles. The highest BCUT2D eigenvalue weighted by Gasteiger charge is 2.14. The summed E-state index contributed by atoms with van der Waals surface area (Å²) in [5, 5.41) is 2.15. The Morgan fingerprint density at radius 3 is 2.56 bits per heavy atom. The molecule has 5 heteroatoms. The average molecular weight is 423 g/mol. The Bertz CT molecular complexity index is 1420. The van der Waals surface area contributed by atoms with Crippen molar-refractivity contribution in [1.82, 2.24) is 24.8 Å². The zero-order valence-electron chi connectivity index (χ0n) is 19.2. The summed E-state index contributed by atoms with van der Waals surface area (Å²) in [4.78, 5) is 16.0. The molecule has 1 aliphatic heterocycles. The maximum Gasteiger partial charge on any atom is 0.137 e. The number of piperazine rings is 1. The van der Waals surface area contributed by atoms with E-state index in [1.54, 1.807) is 0 Å². The van der Waals surface area contributed by atoms with Gasteiger partial charge in [0, 0.05) is 73.3 Å². The Morgan fingerprint density at radius 2 is 1.72 bits per heavy atom. The second kappa shape index (κ2) is 7.93. The van der Waals surface area contributed by atoms with Gasteiger partial charge in [0.25, 0.3) is 0 Å². The number of benzene rings is 2. The molecule has 0 aliphatic carbocycles. The minimum Gasteiger partial charge on any atom is -0.361 e. The van der Waals surface area contributed by atoms with E-state index in [-0.39, 0.29) is 0 Å². The minimum atomic E-state index is 0.432. The fraction of sp³-hybridized carbons (Fsp3) is 0.222. The van der Waals surface area contributed by atoms with Crippen LogP contribution >= 0.6 is 0 Å². The molecule has 0 unspecified atom stereocenters. The average Bonchev–Trinajstić information content (AvgIpc) is 3.42. The van der Waals surface area contributed by atoms with Gasteiger partial charge in [-0.05, 0) is 53.4 Å². The molecule has 32 heavy (non-hydrogen) atoms. The molecule has 160 valence electrons. The second-order valence-electron chi connectivity index (χ2n) is 8.81. The predicted molar refractivity (Wildman–Crippen MR) is 132 cm³/mol. The second-order valence-corrected chi connectivity index (χ2v) is 8.81. The molecular weight excluding hydrogens is 394 g/mol. The first kappa shape index (κ1) is 18.2. The molecule has 5 nitrogen and oxygen atoms in total. The van der Waals surface area contributed by atoms with E-state index in [1.807, 2.05) is 24.5 Å². The van der Waals surface area contributed by atoms with Crippen molar-refractivity contribution in [3.8, 4) is 22.3 Å². The van der Waals surface area contributed by atoms with Crippen LogP contribution in [0.15, 0.2) is 73.2 Å². The van der Waals surface area contributed by atoms with E-state index in [0.717, 1.165) is 71.4 Å². The topological polar surface area (TPSA) is 51.0 Å². The lowest BCUT2D eigenvalue weighted by molar-refractivity contribution is 0.148. The minimum absolute atomic E-state index is 0.432. The zero-order valence-corrected chi connectivity index (χ0v) is 18.2. The van der Waals surface area contributed by atoms with Gasteiger partial charge in [0.2, 0.25) is 0 Å². The summed E-state index contributed by atoms with van der Waals surface area (Å²) >= 11 is 0. The third-order valence-corrected chi connectivity index (χ3v) is 6.62. The van der Waals surface area contributed by atoms with Gasteiger partial charge in [-0.3, -0.25) is 4.90 Å². The molecular formula is C27H27N5. The van der Waals surface area contributed by atoms with E-state index >= 15 is 0 Å². The van der Waals surface area contributed by atoms with Crippen LogP contribution in [-0.4, -0.2) is 58.0 Å². The molecule has 6 rings (SSSR count). The smallest absolute Gasteiger partial charge is 0.137 e. The normalized spacial score (nSPS) is 16.1. The van der Waals surface area contributed by atoms with Crippen molar-refractivity contribution in [2.75, 3.05) is 33.2 Å². The highest BCUT2D eigenvalue weighted by molar-refractivity contribution is 5.98. The number of pyridine rings is 1. The van der Waals surface area contributed by atoms with Crippen LogP contribution in [0, 0.1) is 0 Å². The summed E-state index contributed by atoms with van der Waals surface area (Å²) in [6.07, 6.45) is 4.40. The van der Waals surface area contributed by atoms with E-state index in [4.69, 9.17) is 1.37 Å². The van der Waals surface area contributed by atoms with Crippen LogP contribution in [0.1, 0.15) is 6.93 Å². The Kier molecular flexibility index (Phi) is 4.51. The third-order valence-electron chi connectivity index (χ3n) is 6.62. The highest BCUT2D eigenvalue weighted by Crippen LogP contribution is 2.32. The van der Waals surface area contributed by atoms with Gasteiger partial charge in [-0.2, -0.15) is 0 Å². The summed E-state index contributed by atoms with van der Waals surface area (Å²) in [7, 11) is 2.19. The van der Waals surface area contributed by atoms with Gasteiger partial charge in [0.05, 0.1) is 1.37 Å². The van der Waals surface area contributed by atoms with Crippen molar-refractivity contribution < 1.29 is 1.37 Å². The van der Waals surface area contributed by atoms with E-state index in [2.05, 4.69) is 74.3 Å². The van der Waals surface area contributed by atoms with Gasteiger partial charge >= 0.3 is 0 Å². The largest absolute Gasteiger partial charge is 0.361 e. The van der Waals surface area contributed by atoms with E-state index in [1.165, 1.54) is 11.1 Å². The number of nitrogens with one attached hydrogen (secondary N) is 2. The third kappa shape index (κ3) is 3.60. The summed E-state index contributed by atoms with van der Waals surface area (Å²) < 4.78 is 7.84. The van der Waals surface area contributed by atoms with Gasteiger partial charge in [-0.15, -0.1) is 0 Å². The Labute approximate surface area is 189 Å². The van der Waals surface area contributed by atoms with Gasteiger partial charge in [0.15, 0.2) is 0 Å². The first-order valence-corrected chi connectivity index (χ1v) is 11.2. The lowest BCUT2D eigenvalue weighted by atomic mass is 10.0. The molecule has 0 radical (unpaired) electrons. The Morgan fingerprint density at radius 1 is 0.906 bits per heavy atom. The molecule has 4 heterocycles. The number of aromatic amines is 2. The van der Waals surface area contributed by atoms with Gasteiger partial charge in [-0.1, -0.05) is 30.3 Å². The lowest BCUT2D eigenvalue weighted by Gasteiger charge is -2.32. The summed E-state index contributed by atoms with van der Waals surface area (Å²) in [5.41, 5.74) is 7.77. The van der Waals surface area contributed by atoms with Crippen molar-refractivity contribution in [2.24, 2.45) is 0 Å². The number of hydrogen-bond donors (Lipinski definition) is 2. The standard InChI is InChI=1S/C27H27N5/c1-31-10-12-32(13-11-31)18-19-2-4-20(5-3-19)23-15-24-25(17-30-27(24)29-16-23)21-6-7-26-22(14-21)8-9-28-26/h2-9,14-17,28H,10-13,18H2,1H3,(H,29,30)/i9D. The summed E-state index contributed by atoms with van der Waals surface area (Å²) in [5.74, 6) is 0. The molecule has 1 fully saturated rings. The van der Waals surface area contributed by atoms with Crippen LogP contribution in [0.2, 0.25) is 0 Å². The van der Waals surface area contributed by atoms with Crippen LogP contribution < -0.4 is 0 Å². The van der Waals surface area contributed by atoms with E-state index < -0.39 is 0 Å². The molecule has 5 aromatic rings. The molecule has 0 amide bonds. The van der Waals surface area contributed by atoms with Crippen LogP contribution in [0.3, 0.4) is 0 Å². The van der Waals surface area contributed by atoms with Gasteiger partial charge in [-0.25, -0.2) is 4.98 Å². The summed E-state index contributed by atoms with van der Waals surface area (Å²) in [6, 6.07) is 19.3. The number of nitrogens with zero attached hydrogens (tertiary/aromatic N) is 3. The monoisotopic (exact) mass is 422 g/mol. The number of H-pyrrole nitrogens is 2. The first-order chi connectivity index (χ1) is 16.1. The first-order valence-electron chi connectivity index (χ1n) is 11.7. The number of rotatable bonds is 4. The molecule has 0 spiro atoms. The van der Waals surface area contributed by atoms with Crippen molar-refractivity contribution in [3.63, 3.8) is 0 Å². The number of likely N-dealkylation sites (N-methyl/N-ethyl adjacent to an activating group) is 1. The molecule has 0 atom stereocenters. The predicted octanol–water partition coefficient (Wildman–Crippen LogP) is 5.13. The van der Waals surface area contributed by atoms with E-state index in [0.29, 0.717) is 6.17 Å². The van der Waals surface area contributed by atoms with Crippen LogP contribution in [-0.2, 0) is 6.54 Å². The number of hydrogen-bond acceptors (Lipinski definition) is 3. The molecule has 2 N–H and O–H groups in total. The summed E-state index contributed by atoms with van der Waals surface area (Å²) in [6.45, 7) is 5.56. The maximum atomic E-state index is 7.84. The van der Waals surface area contributed by atoms with Crippen LogP contribution in [0.25, 0.3) is 44.2 Å². The van der Waals surface area contributed by atoms with Gasteiger partial charge in [0.1, 0.15) is 5.65 Å². The van der Waals surface area contributed by atoms with Gasteiger partial charge < -0.3 is 14.9 Å². The molecule has 0 saturated carbocycles. The number of fused-ring (bicyclic) bond motifs is 2. The zero-order chi connectivity index (χ0) is 22.4. The number of aromatic nitrogens is 3. The SMILES string of the molecule is [2H]c1cc2cc(-c3c[nH]c4ncc(-c5ccc(CN6CCN(C)CC6)cc5)cc34)ccc2[nH]1. The fourth-order valence-corrected chi connectivity index (χ4v) is 4.62. The molecule has 2 aromatic carbocycles. The van der Waals surface area contributed by atoms with E-state index in [9.17, 15) is 0 Å². The van der Waals surface area contributed by atoms with Crippen molar-refractivity contribution in [1.29, 1.82) is 0 Å². The molecule has 1 aliphatic rings. The lowest BCUT2D eigenvalue weighted by Crippen LogP contribution is -2.43. The molecule has 0 bridgehead atoms. The quantitative estimate of drug-likeness (QED) is 0.422. The maximum absolute atomic E-state index is 7.84. The Balaban J connectivity index is 1.28. The molecule has 3 aromatic heterocycles. The van der Waals surface area contributed by atoms with Crippen molar-refractivity contribution in [3.05, 3.63) is 78.7 Å². The van der Waals surface area contributed by atoms with Crippen molar-refractivity contribution in [2.45, 2.75) is 6.54 Å². The van der Waals surface area contributed by atoms with Crippen LogP contribution in [0.5, 0.6) is 0 Å². The highest BCUT2D eigenvalue weighted by atomic mass is 15.2.